The van der Waals surface area contributed by atoms with E-state index in [0.29, 0.717) is 0 Å². The Kier molecular flexibility index (Phi) is 2.59. The van der Waals surface area contributed by atoms with Crippen LogP contribution in [0.1, 0.15) is 34.3 Å². The Hall–Kier alpha value is -6.59. The van der Waals surface area contributed by atoms with E-state index in [4.69, 9.17) is 37.6 Å². The van der Waals surface area contributed by atoms with Crippen molar-refractivity contribution in [2.45, 2.75) is 0 Å². The molecular formula is C43H25N3O2. The Morgan fingerprint density at radius 1 is 0.354 bits per heavy atom. The molecule has 5 nitrogen and oxygen atoms in total. The first-order valence-corrected chi connectivity index (χ1v) is 13.9. The van der Waals surface area contributed by atoms with Crippen molar-refractivity contribution in [2.75, 3.05) is 0 Å². The van der Waals surface area contributed by atoms with Crippen LogP contribution in [-0.4, -0.2) is 15.0 Å². The molecule has 0 bridgehead atoms. The van der Waals surface area contributed by atoms with Crippen LogP contribution in [0.5, 0.6) is 0 Å². The summed E-state index contributed by atoms with van der Waals surface area (Å²) < 4.78 is 231. The second kappa shape index (κ2) is 10.5. The summed E-state index contributed by atoms with van der Waals surface area (Å²) in [4.78, 5) is 13.1. The Morgan fingerprint density at radius 2 is 0.917 bits per heavy atom. The largest absolute Gasteiger partial charge is 0.456 e. The molecule has 10 rings (SSSR count). The van der Waals surface area contributed by atoms with Gasteiger partial charge in [-0.2, -0.15) is 0 Å². The highest BCUT2D eigenvalue weighted by atomic mass is 16.3. The van der Waals surface area contributed by atoms with E-state index >= 15 is 0 Å². The number of para-hydroxylation sites is 1. The number of benzene rings is 7. The molecule has 0 saturated carbocycles. The van der Waals surface area contributed by atoms with Crippen LogP contribution in [0.15, 0.2) is 160 Å². The van der Waals surface area contributed by atoms with Crippen LogP contribution in [0.2, 0.25) is 0 Å². The van der Waals surface area contributed by atoms with Crippen LogP contribution in [-0.2, 0) is 0 Å². The maximum atomic E-state index is 9.46. The topological polar surface area (TPSA) is 65.0 Å². The summed E-state index contributed by atoms with van der Waals surface area (Å²) in [5.74, 6) is -2.42. The van der Waals surface area contributed by atoms with Crippen molar-refractivity contribution in [2.24, 2.45) is 0 Å². The first-order valence-electron chi connectivity index (χ1n) is 26.4. The zero-order chi connectivity index (χ0) is 53.4. The second-order valence-corrected chi connectivity index (χ2v) is 10.1. The van der Waals surface area contributed by atoms with Crippen molar-refractivity contribution < 1.29 is 43.1 Å². The lowest BCUT2D eigenvalue weighted by molar-refractivity contribution is 0.668. The molecule has 0 radical (unpaired) electrons. The van der Waals surface area contributed by atoms with Crippen molar-refractivity contribution in [3.8, 4) is 45.3 Å². The monoisotopic (exact) mass is 640 g/mol. The van der Waals surface area contributed by atoms with E-state index in [1.807, 2.05) is 0 Å². The minimum absolute atomic E-state index is 0.372. The van der Waals surface area contributed by atoms with Gasteiger partial charge in [-0.3, -0.25) is 0 Å². The SMILES string of the molecule is [2H]c1c([2H])c([2H])c(-c2nc(-c3c([2H])c([2H])c(-c4c([2H])c([2H])c([2H])c5oc6c([2H])c([2H])c7c([2H])c([2H])c([2H])c([2H])c7c6c45)c([2H])c3[2H])nc(-c3c([2H])c([2H])c([2H])c4oc5c([2H])c([2H])c([2H])c([2H])c5c34)n2)c([2H])c1[2H]. The normalized spacial score (nSPS) is 19.0. The van der Waals surface area contributed by atoms with Gasteiger partial charge in [-0.1, -0.05) is 127 Å². The van der Waals surface area contributed by atoms with E-state index in [-0.39, 0.29) is 5.39 Å². The van der Waals surface area contributed by atoms with Crippen molar-refractivity contribution >= 4 is 54.6 Å². The number of nitrogens with zero attached hydrogens (tertiary/aromatic N) is 3. The number of aromatic nitrogens is 3. The van der Waals surface area contributed by atoms with Gasteiger partial charge in [0.05, 0.1) is 34.3 Å². The van der Waals surface area contributed by atoms with Crippen LogP contribution < -0.4 is 0 Å². The van der Waals surface area contributed by atoms with Crippen LogP contribution >= 0.6 is 0 Å². The van der Waals surface area contributed by atoms with E-state index in [2.05, 4.69) is 15.0 Å². The number of furan rings is 2. The lowest BCUT2D eigenvalue weighted by atomic mass is 9.96. The Labute approximate surface area is 309 Å². The zero-order valence-electron chi connectivity index (χ0n) is 48.7. The second-order valence-electron chi connectivity index (χ2n) is 10.1. The molecule has 0 fully saturated rings. The molecule has 224 valence electrons. The minimum atomic E-state index is -1.02. The van der Waals surface area contributed by atoms with Gasteiger partial charge in [-0.05, 0) is 46.1 Å². The van der Waals surface area contributed by atoms with Gasteiger partial charge in [0, 0.05) is 38.2 Å². The van der Waals surface area contributed by atoms with Gasteiger partial charge in [0.2, 0.25) is 0 Å². The molecule has 0 spiro atoms. The molecule has 0 aliphatic heterocycles. The van der Waals surface area contributed by atoms with Crippen molar-refractivity contribution in [1.82, 2.24) is 15.0 Å². The van der Waals surface area contributed by atoms with Gasteiger partial charge in [-0.15, -0.1) is 0 Å². The van der Waals surface area contributed by atoms with E-state index in [9.17, 15) is 5.48 Å². The fourth-order valence-corrected chi connectivity index (χ4v) is 5.35. The third-order valence-electron chi connectivity index (χ3n) is 7.39. The highest BCUT2D eigenvalue weighted by Crippen LogP contribution is 2.41. The van der Waals surface area contributed by atoms with E-state index in [0.717, 1.165) is 0 Å². The van der Waals surface area contributed by atoms with Crippen LogP contribution in [0.4, 0.5) is 0 Å². The smallest absolute Gasteiger partial charge is 0.164 e. The first kappa shape index (κ1) is 11.9. The van der Waals surface area contributed by atoms with E-state index in [1.165, 1.54) is 0 Å². The molecule has 3 aromatic heterocycles. The van der Waals surface area contributed by atoms with Gasteiger partial charge >= 0.3 is 0 Å². The van der Waals surface area contributed by atoms with Crippen LogP contribution in [0, 0.1) is 0 Å². The molecule has 0 amide bonds. The molecule has 0 atom stereocenters. The van der Waals surface area contributed by atoms with E-state index < -0.39 is 246 Å². The molecule has 0 aliphatic rings. The third-order valence-corrected chi connectivity index (χ3v) is 7.39. The molecule has 3 heterocycles. The fraction of sp³-hybridized carbons (Fsp3) is 0. The Morgan fingerprint density at radius 3 is 1.73 bits per heavy atom. The molecular weight excluding hydrogens is 590 g/mol. The molecule has 0 N–H and O–H groups in total. The predicted octanol–water partition coefficient (Wildman–Crippen LogP) is 11.5. The number of fused-ring (bicyclic) bond motifs is 8. The molecule has 48 heavy (non-hydrogen) atoms. The third kappa shape index (κ3) is 4.15. The van der Waals surface area contributed by atoms with Gasteiger partial charge in [0.1, 0.15) is 22.3 Å². The average molecular weight is 641 g/mol. The van der Waals surface area contributed by atoms with Gasteiger partial charge in [-0.25, -0.2) is 15.0 Å². The first-order chi connectivity index (χ1) is 34.2. The van der Waals surface area contributed by atoms with Crippen molar-refractivity contribution in [3.63, 3.8) is 0 Å². The van der Waals surface area contributed by atoms with Gasteiger partial charge < -0.3 is 8.83 Å². The Balaban J connectivity index is 1.36. The van der Waals surface area contributed by atoms with Crippen LogP contribution in [0.3, 0.4) is 0 Å². The van der Waals surface area contributed by atoms with Crippen molar-refractivity contribution in [1.29, 1.82) is 0 Å². The lowest BCUT2D eigenvalue weighted by Gasteiger charge is -2.10. The molecule has 0 saturated heterocycles. The quantitative estimate of drug-likeness (QED) is 0.191. The van der Waals surface area contributed by atoms with Crippen LogP contribution in [0.25, 0.3) is 99.9 Å². The standard InChI is InChI=1S/C43H25N3O2/c1-2-11-28(12-3-1)41-44-42(46-43(45-41)33-16-9-18-35-38(33)32-14-6-7-17-34(32)47-35)29-22-20-27(21-23-29)31-15-8-19-36-39(31)40-30-13-5-4-10-26(30)24-25-37(40)48-36/h1-25H/i1D,2D,3D,4D,5D,6D,7D,8D,9D,10D,11D,12D,13D,14D,15D,16D,17D,18D,19D,20D,21D,22D,23D,24D,25D. The highest BCUT2D eigenvalue weighted by molar-refractivity contribution is 6.22. The highest BCUT2D eigenvalue weighted by Gasteiger charge is 2.19. The molecule has 7 aromatic carbocycles. The Bertz CT molecular complexity index is 4230. The summed E-state index contributed by atoms with van der Waals surface area (Å²) in [6.07, 6.45) is 0. The molecule has 0 aliphatic carbocycles. The number of hydrogen-bond donors (Lipinski definition) is 0. The summed E-state index contributed by atoms with van der Waals surface area (Å²) >= 11 is 0. The molecule has 10 aromatic rings. The van der Waals surface area contributed by atoms with E-state index in [1.54, 1.807) is 0 Å². The van der Waals surface area contributed by atoms with Gasteiger partial charge in [0.25, 0.3) is 0 Å². The molecule has 5 heteroatoms. The lowest BCUT2D eigenvalue weighted by Crippen LogP contribution is -2.00. The average Bonchev–Trinajstić information content (AvgIpc) is 3.96. The summed E-state index contributed by atoms with van der Waals surface area (Å²) in [7, 11) is 0. The number of rotatable bonds is 4. The fourth-order valence-electron chi connectivity index (χ4n) is 5.35. The van der Waals surface area contributed by atoms with Crippen molar-refractivity contribution in [3.05, 3.63) is 151 Å². The van der Waals surface area contributed by atoms with Gasteiger partial charge in [0.15, 0.2) is 17.5 Å². The summed E-state index contributed by atoms with van der Waals surface area (Å²) in [5.41, 5.74) is -5.65. The number of hydrogen-bond acceptors (Lipinski definition) is 5. The summed E-state index contributed by atoms with van der Waals surface area (Å²) in [6.45, 7) is 0. The summed E-state index contributed by atoms with van der Waals surface area (Å²) in [5, 5.41) is -2.52. The predicted molar refractivity (Wildman–Crippen MR) is 194 cm³/mol. The zero-order valence-corrected chi connectivity index (χ0v) is 23.7. The minimum Gasteiger partial charge on any atom is -0.456 e. The summed E-state index contributed by atoms with van der Waals surface area (Å²) in [6, 6.07) is -20.8. The maximum absolute atomic E-state index is 9.46. The molecule has 0 unspecified atom stereocenters. The maximum Gasteiger partial charge on any atom is 0.164 e.